The Kier molecular flexibility index (Phi) is 5.80. The lowest BCUT2D eigenvalue weighted by atomic mass is 9.96. The maximum Gasteiger partial charge on any atom is 0.174 e. The van der Waals surface area contributed by atoms with Gasteiger partial charge in [-0.1, -0.05) is 35.9 Å². The van der Waals surface area contributed by atoms with E-state index in [1.54, 1.807) is 24.4 Å². The summed E-state index contributed by atoms with van der Waals surface area (Å²) in [7, 11) is 0. The summed E-state index contributed by atoms with van der Waals surface area (Å²) in [5.74, 6) is 0.118. The molecule has 1 aliphatic rings. The molecule has 1 fully saturated rings. The minimum absolute atomic E-state index is 0.118. The molecule has 2 atom stereocenters. The molecule has 3 heterocycles. The van der Waals surface area contributed by atoms with Crippen molar-refractivity contribution in [2.45, 2.75) is 32.9 Å². The predicted molar refractivity (Wildman–Crippen MR) is 141 cm³/mol. The zero-order chi connectivity index (χ0) is 24.0. The fraction of sp³-hybridized carbons (Fsp3) is 0.185. The monoisotopic (exact) mass is 488 g/mol. The lowest BCUT2D eigenvalue weighted by Crippen LogP contribution is -2.29. The van der Waals surface area contributed by atoms with Crippen LogP contribution in [-0.4, -0.2) is 19.8 Å². The SMILES string of the molecule is Cc1ccccc1-n1c(C)cc([C@H]2[C@@H](c3ccccn3)NC(=S)N2c2cc(Cl)ccc2O)c1C. The van der Waals surface area contributed by atoms with Crippen molar-refractivity contribution < 1.29 is 5.11 Å². The first kappa shape index (κ1) is 22.4. The summed E-state index contributed by atoms with van der Waals surface area (Å²) in [6.45, 7) is 6.36. The molecule has 7 heteroatoms. The number of nitrogens with one attached hydrogen (secondary N) is 1. The summed E-state index contributed by atoms with van der Waals surface area (Å²) < 4.78 is 2.28. The number of para-hydroxylation sites is 1. The molecule has 0 unspecified atom stereocenters. The van der Waals surface area contributed by atoms with Gasteiger partial charge in [-0.15, -0.1) is 0 Å². The molecule has 2 aromatic heterocycles. The highest BCUT2D eigenvalue weighted by atomic mass is 35.5. The number of hydrogen-bond acceptors (Lipinski definition) is 3. The molecule has 0 saturated carbocycles. The van der Waals surface area contributed by atoms with Gasteiger partial charge in [-0.25, -0.2) is 0 Å². The average molecular weight is 489 g/mol. The Morgan fingerprint density at radius 1 is 0.971 bits per heavy atom. The van der Waals surface area contributed by atoms with Crippen molar-refractivity contribution in [2.24, 2.45) is 0 Å². The summed E-state index contributed by atoms with van der Waals surface area (Å²) in [4.78, 5) is 6.58. The van der Waals surface area contributed by atoms with Gasteiger partial charge in [0.25, 0.3) is 0 Å². The Bertz CT molecular complexity index is 1380. The number of benzene rings is 2. The third kappa shape index (κ3) is 3.73. The molecule has 0 spiro atoms. The van der Waals surface area contributed by atoms with Crippen molar-refractivity contribution in [3.8, 4) is 11.4 Å². The van der Waals surface area contributed by atoms with Gasteiger partial charge in [0, 0.05) is 28.3 Å². The lowest BCUT2D eigenvalue weighted by molar-refractivity contribution is 0.472. The van der Waals surface area contributed by atoms with Gasteiger partial charge >= 0.3 is 0 Å². The molecule has 34 heavy (non-hydrogen) atoms. The second-order valence-electron chi connectivity index (χ2n) is 8.58. The molecular formula is C27H25ClN4OS. The molecule has 0 bridgehead atoms. The van der Waals surface area contributed by atoms with E-state index in [0.29, 0.717) is 15.8 Å². The number of nitrogens with zero attached hydrogens (tertiary/aromatic N) is 3. The minimum Gasteiger partial charge on any atom is -0.506 e. The van der Waals surface area contributed by atoms with Gasteiger partial charge in [-0.05, 0) is 86.6 Å². The Balaban J connectivity index is 1.72. The molecule has 0 amide bonds. The molecule has 1 aliphatic heterocycles. The Labute approximate surface area is 209 Å². The molecule has 1 saturated heterocycles. The fourth-order valence-electron chi connectivity index (χ4n) is 4.89. The van der Waals surface area contributed by atoms with Crippen LogP contribution in [0.15, 0.2) is 72.9 Å². The van der Waals surface area contributed by atoms with E-state index < -0.39 is 0 Å². The molecule has 4 aromatic rings. The van der Waals surface area contributed by atoms with E-state index in [0.717, 1.165) is 28.3 Å². The van der Waals surface area contributed by atoms with E-state index in [-0.39, 0.29) is 17.8 Å². The van der Waals surface area contributed by atoms with Crippen LogP contribution in [0.1, 0.15) is 40.3 Å². The number of aromatic hydroxyl groups is 1. The van der Waals surface area contributed by atoms with E-state index in [1.165, 1.54) is 5.56 Å². The van der Waals surface area contributed by atoms with Gasteiger partial charge in [-0.3, -0.25) is 4.98 Å². The molecule has 2 N–H and O–H groups in total. The summed E-state index contributed by atoms with van der Waals surface area (Å²) in [6.07, 6.45) is 1.78. The fourth-order valence-corrected chi connectivity index (χ4v) is 5.40. The van der Waals surface area contributed by atoms with Gasteiger partial charge in [0.2, 0.25) is 0 Å². The first-order valence-corrected chi connectivity index (χ1v) is 11.9. The molecule has 2 aromatic carbocycles. The van der Waals surface area contributed by atoms with Crippen LogP contribution >= 0.6 is 23.8 Å². The second kappa shape index (κ2) is 8.78. The number of aryl methyl sites for hydroxylation is 2. The van der Waals surface area contributed by atoms with Crippen molar-refractivity contribution in [3.63, 3.8) is 0 Å². The van der Waals surface area contributed by atoms with Gasteiger partial charge in [-0.2, -0.15) is 0 Å². The molecule has 5 rings (SSSR count). The van der Waals surface area contributed by atoms with Crippen LogP contribution in [0.4, 0.5) is 5.69 Å². The number of rotatable bonds is 4. The lowest BCUT2D eigenvalue weighted by Gasteiger charge is -2.29. The van der Waals surface area contributed by atoms with Gasteiger partial charge in [0.15, 0.2) is 5.11 Å². The maximum atomic E-state index is 10.8. The molecule has 5 nitrogen and oxygen atoms in total. The highest BCUT2D eigenvalue weighted by Crippen LogP contribution is 2.46. The Morgan fingerprint density at radius 3 is 2.47 bits per heavy atom. The number of hydrogen-bond donors (Lipinski definition) is 2. The van der Waals surface area contributed by atoms with Crippen LogP contribution in [0, 0.1) is 20.8 Å². The first-order chi connectivity index (χ1) is 16.4. The zero-order valence-electron chi connectivity index (χ0n) is 19.2. The highest BCUT2D eigenvalue weighted by Gasteiger charge is 2.43. The Morgan fingerprint density at radius 2 is 1.74 bits per heavy atom. The number of pyridine rings is 1. The standard InChI is InChI=1S/C27H25ClN4OS/c1-16-8-4-5-10-22(16)31-17(2)14-20(18(31)3)26-25(21-9-6-7-13-29-21)30-27(34)32(26)23-15-19(28)11-12-24(23)33/h4-15,25-26,33H,1-3H3,(H,30,34)/t25-,26+/m1/s1. The second-order valence-corrected chi connectivity index (χ2v) is 9.40. The molecule has 0 radical (unpaired) electrons. The normalized spacial score (nSPS) is 17.8. The first-order valence-electron chi connectivity index (χ1n) is 11.1. The topological polar surface area (TPSA) is 53.3 Å². The summed E-state index contributed by atoms with van der Waals surface area (Å²) in [5, 5.41) is 15.3. The quantitative estimate of drug-likeness (QED) is 0.328. The predicted octanol–water partition coefficient (Wildman–Crippen LogP) is 6.33. The van der Waals surface area contributed by atoms with Crippen molar-refractivity contribution in [1.29, 1.82) is 0 Å². The molecule has 0 aliphatic carbocycles. The zero-order valence-corrected chi connectivity index (χ0v) is 20.7. The van der Waals surface area contributed by atoms with Crippen molar-refractivity contribution >= 4 is 34.6 Å². The van der Waals surface area contributed by atoms with E-state index in [9.17, 15) is 5.11 Å². The largest absolute Gasteiger partial charge is 0.506 e. The van der Waals surface area contributed by atoms with Crippen LogP contribution in [0.2, 0.25) is 5.02 Å². The number of thiocarbonyl (C=S) groups is 1. The number of phenolic OH excluding ortho intramolecular Hbond substituents is 1. The maximum absolute atomic E-state index is 10.8. The van der Waals surface area contributed by atoms with Crippen molar-refractivity contribution in [2.75, 3.05) is 4.90 Å². The average Bonchev–Trinajstić information content (AvgIpc) is 3.32. The van der Waals surface area contributed by atoms with E-state index in [2.05, 4.69) is 59.9 Å². The van der Waals surface area contributed by atoms with Gasteiger partial charge < -0.3 is 19.9 Å². The smallest absolute Gasteiger partial charge is 0.174 e. The third-order valence-corrected chi connectivity index (χ3v) is 6.99. The van der Waals surface area contributed by atoms with Gasteiger partial charge in [0.05, 0.1) is 23.5 Å². The van der Waals surface area contributed by atoms with Crippen LogP contribution in [0.5, 0.6) is 5.75 Å². The van der Waals surface area contributed by atoms with Crippen LogP contribution < -0.4 is 10.2 Å². The molecule has 172 valence electrons. The highest BCUT2D eigenvalue weighted by molar-refractivity contribution is 7.80. The van der Waals surface area contributed by atoms with Crippen LogP contribution in [0.3, 0.4) is 0 Å². The van der Waals surface area contributed by atoms with Gasteiger partial charge in [0.1, 0.15) is 5.75 Å². The summed E-state index contributed by atoms with van der Waals surface area (Å²) >= 11 is 12.1. The summed E-state index contributed by atoms with van der Waals surface area (Å²) in [6, 6.07) is 21.0. The van der Waals surface area contributed by atoms with Crippen molar-refractivity contribution in [1.82, 2.24) is 14.9 Å². The summed E-state index contributed by atoms with van der Waals surface area (Å²) in [5.41, 5.74) is 7.10. The van der Waals surface area contributed by atoms with Crippen molar-refractivity contribution in [3.05, 3.63) is 106 Å². The Hall–Kier alpha value is -3.35. The minimum atomic E-state index is -0.240. The number of halogens is 1. The third-order valence-electron chi connectivity index (χ3n) is 6.44. The van der Waals surface area contributed by atoms with E-state index in [4.69, 9.17) is 23.8 Å². The number of anilines is 1. The van der Waals surface area contributed by atoms with Crippen LogP contribution in [-0.2, 0) is 0 Å². The number of phenols is 1. The number of aromatic nitrogens is 2. The van der Waals surface area contributed by atoms with Crippen LogP contribution in [0.25, 0.3) is 5.69 Å². The molecular weight excluding hydrogens is 464 g/mol. The van der Waals surface area contributed by atoms with E-state index >= 15 is 0 Å². The van der Waals surface area contributed by atoms with E-state index in [1.807, 2.05) is 29.2 Å².